The number of carbonyl (C=O) groups excluding carboxylic acids is 1. The van der Waals surface area contributed by atoms with Crippen LogP contribution in [0.3, 0.4) is 0 Å². The number of benzene rings is 2. The molecule has 35 heavy (non-hydrogen) atoms. The summed E-state index contributed by atoms with van der Waals surface area (Å²) in [5.74, 6) is 2.13. The predicted octanol–water partition coefficient (Wildman–Crippen LogP) is 5.74. The van der Waals surface area contributed by atoms with Crippen LogP contribution in [0.4, 0.5) is 0 Å². The molecule has 0 N–H and O–H groups in total. The van der Waals surface area contributed by atoms with Crippen molar-refractivity contribution < 1.29 is 9.32 Å². The van der Waals surface area contributed by atoms with E-state index in [0.29, 0.717) is 45.7 Å². The van der Waals surface area contributed by atoms with Crippen LogP contribution >= 0.6 is 23.2 Å². The molecule has 0 radical (unpaired) electrons. The minimum atomic E-state index is 0.114. The van der Waals surface area contributed by atoms with Gasteiger partial charge in [-0.15, -0.1) is 0 Å². The smallest absolute Gasteiger partial charge is 0.241 e. The van der Waals surface area contributed by atoms with Crippen molar-refractivity contribution in [2.24, 2.45) is 11.8 Å². The van der Waals surface area contributed by atoms with Gasteiger partial charge in [-0.25, -0.2) is 0 Å². The number of amides is 1. The summed E-state index contributed by atoms with van der Waals surface area (Å²) in [7, 11) is 0. The highest BCUT2D eigenvalue weighted by Gasteiger charge is 2.31. The van der Waals surface area contributed by atoms with Crippen LogP contribution < -0.4 is 0 Å². The van der Waals surface area contributed by atoms with Gasteiger partial charge in [0.2, 0.25) is 17.6 Å². The van der Waals surface area contributed by atoms with Gasteiger partial charge in [0, 0.05) is 29.6 Å². The first-order chi connectivity index (χ1) is 17.0. The van der Waals surface area contributed by atoms with Crippen molar-refractivity contribution in [3.05, 3.63) is 70.0 Å². The Morgan fingerprint density at radius 2 is 1.71 bits per heavy atom. The predicted molar refractivity (Wildman–Crippen MR) is 137 cm³/mol. The Labute approximate surface area is 216 Å². The molecule has 2 aromatic carbocycles. The first kappa shape index (κ1) is 24.3. The molecule has 2 aliphatic heterocycles. The van der Waals surface area contributed by atoms with Crippen molar-refractivity contribution in [3.8, 4) is 11.4 Å². The zero-order chi connectivity index (χ0) is 24.2. The van der Waals surface area contributed by atoms with E-state index in [-0.39, 0.29) is 5.92 Å². The maximum Gasteiger partial charge on any atom is 0.241 e. The van der Waals surface area contributed by atoms with Crippen LogP contribution in [0.5, 0.6) is 0 Å². The number of aromatic nitrogens is 2. The summed E-state index contributed by atoms with van der Waals surface area (Å²) in [6, 6.07) is 15.9. The van der Waals surface area contributed by atoms with E-state index in [9.17, 15) is 4.79 Å². The highest BCUT2D eigenvalue weighted by molar-refractivity contribution is 6.36. The Balaban J connectivity index is 1.08. The van der Waals surface area contributed by atoms with E-state index in [1.165, 1.54) is 5.56 Å². The van der Waals surface area contributed by atoms with Gasteiger partial charge in [0.05, 0.1) is 11.6 Å². The number of carbonyl (C=O) groups is 1. The first-order valence-corrected chi connectivity index (χ1v) is 13.1. The first-order valence-electron chi connectivity index (χ1n) is 12.4. The highest BCUT2D eigenvalue weighted by Crippen LogP contribution is 2.29. The van der Waals surface area contributed by atoms with Gasteiger partial charge in [0.15, 0.2) is 0 Å². The molecule has 6 nitrogen and oxygen atoms in total. The fourth-order valence-electron chi connectivity index (χ4n) is 5.19. The number of halogens is 2. The van der Waals surface area contributed by atoms with Crippen LogP contribution in [-0.2, 0) is 17.8 Å². The molecule has 2 saturated heterocycles. The van der Waals surface area contributed by atoms with Gasteiger partial charge in [-0.1, -0.05) is 58.7 Å². The number of likely N-dealkylation sites (tertiary alicyclic amines) is 2. The normalized spacial score (nSPS) is 18.2. The average Bonchev–Trinajstić information content (AvgIpc) is 3.33. The standard InChI is InChI=1S/C27H30Cl2N4O2/c28-22-6-7-23(24(29)17-22)26-30-25(35-31-26)18-32-12-10-21(11-13-32)27(34)33-14-8-20(9-15-33)16-19-4-2-1-3-5-19/h1-7,17,20-21H,8-16,18H2. The van der Waals surface area contributed by atoms with Gasteiger partial charge in [0.1, 0.15) is 0 Å². The molecule has 0 spiro atoms. The van der Waals surface area contributed by atoms with Crippen molar-refractivity contribution >= 4 is 29.1 Å². The number of rotatable bonds is 6. The van der Waals surface area contributed by atoms with Gasteiger partial charge in [0.25, 0.3) is 0 Å². The summed E-state index contributed by atoms with van der Waals surface area (Å²) in [4.78, 5) is 22.0. The minimum absolute atomic E-state index is 0.114. The zero-order valence-electron chi connectivity index (χ0n) is 19.7. The van der Waals surface area contributed by atoms with Gasteiger partial charge >= 0.3 is 0 Å². The van der Waals surface area contributed by atoms with Crippen molar-refractivity contribution in [3.63, 3.8) is 0 Å². The Morgan fingerprint density at radius 3 is 2.43 bits per heavy atom. The molecule has 0 atom stereocenters. The molecule has 0 unspecified atom stereocenters. The highest BCUT2D eigenvalue weighted by atomic mass is 35.5. The zero-order valence-corrected chi connectivity index (χ0v) is 21.2. The molecule has 3 heterocycles. The molecule has 3 aromatic rings. The second-order valence-corrected chi connectivity index (χ2v) is 10.5. The Kier molecular flexibility index (Phi) is 7.71. The molecule has 0 aliphatic carbocycles. The third-order valence-corrected chi connectivity index (χ3v) is 7.78. The van der Waals surface area contributed by atoms with Gasteiger partial charge in [-0.3, -0.25) is 9.69 Å². The summed E-state index contributed by atoms with van der Waals surface area (Å²) >= 11 is 12.2. The number of piperidine rings is 2. The summed E-state index contributed by atoms with van der Waals surface area (Å²) in [6.45, 7) is 4.04. The molecule has 184 valence electrons. The van der Waals surface area contributed by atoms with Gasteiger partial charge in [-0.05, 0) is 74.9 Å². The molecule has 2 fully saturated rings. The molecular formula is C27H30Cl2N4O2. The lowest BCUT2D eigenvalue weighted by Gasteiger charge is -2.37. The Morgan fingerprint density at radius 1 is 0.971 bits per heavy atom. The molecule has 8 heteroatoms. The van der Waals surface area contributed by atoms with Gasteiger partial charge in [-0.2, -0.15) is 4.98 Å². The quantitative estimate of drug-likeness (QED) is 0.421. The van der Waals surface area contributed by atoms with E-state index in [1.54, 1.807) is 18.2 Å². The van der Waals surface area contributed by atoms with Crippen LogP contribution in [0.15, 0.2) is 53.1 Å². The third kappa shape index (κ3) is 6.05. The lowest BCUT2D eigenvalue weighted by molar-refractivity contribution is -0.138. The maximum absolute atomic E-state index is 13.1. The van der Waals surface area contributed by atoms with E-state index in [4.69, 9.17) is 27.7 Å². The van der Waals surface area contributed by atoms with E-state index in [0.717, 1.165) is 58.3 Å². The van der Waals surface area contributed by atoms with E-state index in [2.05, 4.69) is 50.3 Å². The van der Waals surface area contributed by atoms with Crippen LogP contribution in [0.1, 0.15) is 37.1 Å². The van der Waals surface area contributed by atoms with Crippen molar-refractivity contribution in [2.45, 2.75) is 38.6 Å². The molecular weight excluding hydrogens is 483 g/mol. The summed E-state index contributed by atoms with van der Waals surface area (Å²) in [6.07, 6.45) is 5.04. The number of nitrogens with zero attached hydrogens (tertiary/aromatic N) is 4. The van der Waals surface area contributed by atoms with E-state index < -0.39 is 0 Å². The Bertz CT molecular complexity index is 1140. The van der Waals surface area contributed by atoms with Crippen molar-refractivity contribution in [1.82, 2.24) is 19.9 Å². The van der Waals surface area contributed by atoms with Crippen LogP contribution in [0, 0.1) is 11.8 Å². The summed E-state index contributed by atoms with van der Waals surface area (Å²) in [5, 5.41) is 5.14. The minimum Gasteiger partial charge on any atom is -0.342 e. The molecule has 0 bridgehead atoms. The van der Waals surface area contributed by atoms with Gasteiger partial charge < -0.3 is 9.42 Å². The lowest BCUT2D eigenvalue weighted by atomic mass is 9.88. The van der Waals surface area contributed by atoms with Crippen LogP contribution in [-0.4, -0.2) is 52.0 Å². The van der Waals surface area contributed by atoms with E-state index in [1.807, 2.05) is 0 Å². The van der Waals surface area contributed by atoms with E-state index >= 15 is 0 Å². The van der Waals surface area contributed by atoms with Crippen LogP contribution in [0.2, 0.25) is 10.0 Å². The molecule has 1 amide bonds. The van der Waals surface area contributed by atoms with Crippen molar-refractivity contribution in [1.29, 1.82) is 0 Å². The molecule has 0 saturated carbocycles. The second-order valence-electron chi connectivity index (χ2n) is 9.64. The molecule has 5 rings (SSSR count). The van der Waals surface area contributed by atoms with Crippen molar-refractivity contribution in [2.75, 3.05) is 26.2 Å². The topological polar surface area (TPSA) is 62.5 Å². The lowest BCUT2D eigenvalue weighted by Crippen LogP contribution is -2.45. The number of hydrogen-bond donors (Lipinski definition) is 0. The SMILES string of the molecule is O=C(C1CCN(Cc2nc(-c3ccc(Cl)cc3Cl)no2)CC1)N1CCC(Cc2ccccc2)CC1. The summed E-state index contributed by atoms with van der Waals surface area (Å²) < 4.78 is 5.46. The maximum atomic E-state index is 13.1. The third-order valence-electron chi connectivity index (χ3n) is 7.23. The molecule has 1 aromatic heterocycles. The summed E-state index contributed by atoms with van der Waals surface area (Å²) in [5.41, 5.74) is 2.09. The van der Waals surface area contributed by atoms with Crippen LogP contribution in [0.25, 0.3) is 11.4 Å². The Hall–Kier alpha value is -2.41. The largest absolute Gasteiger partial charge is 0.342 e. The monoisotopic (exact) mass is 512 g/mol. The second kappa shape index (κ2) is 11.1. The fraction of sp³-hybridized carbons (Fsp3) is 0.444. The fourth-order valence-corrected chi connectivity index (χ4v) is 5.68. The average molecular weight is 513 g/mol. The number of hydrogen-bond acceptors (Lipinski definition) is 5. The molecule has 2 aliphatic rings.